The lowest BCUT2D eigenvalue weighted by atomic mass is 10.0. The summed E-state index contributed by atoms with van der Waals surface area (Å²) in [6.45, 7) is 1.66. The third-order valence-corrected chi connectivity index (χ3v) is 4.82. The van der Waals surface area contributed by atoms with Gasteiger partial charge in [0.05, 0.1) is 5.57 Å². The largest absolute Gasteiger partial charge is 0.350 e. The van der Waals surface area contributed by atoms with Crippen LogP contribution in [0.4, 0.5) is 5.69 Å². The number of amides is 2. The van der Waals surface area contributed by atoms with Crippen molar-refractivity contribution in [1.82, 2.24) is 14.8 Å². The summed E-state index contributed by atoms with van der Waals surface area (Å²) in [4.78, 5) is 27.2. The predicted molar refractivity (Wildman–Crippen MR) is 111 cm³/mol. The number of nitrogens with one attached hydrogen (secondary N) is 2. The van der Waals surface area contributed by atoms with Crippen LogP contribution in [0.3, 0.4) is 0 Å². The number of fused-ring (bicyclic) bond motifs is 1. The molecule has 2 heterocycles. The summed E-state index contributed by atoms with van der Waals surface area (Å²) in [5, 5.41) is 6.50. The van der Waals surface area contributed by atoms with E-state index in [1.807, 2.05) is 74.9 Å². The van der Waals surface area contributed by atoms with Gasteiger partial charge >= 0.3 is 0 Å². The van der Waals surface area contributed by atoms with E-state index in [4.69, 9.17) is 0 Å². The second kappa shape index (κ2) is 7.32. The van der Waals surface area contributed by atoms with Crippen LogP contribution in [-0.2, 0) is 16.1 Å². The van der Waals surface area contributed by atoms with Crippen molar-refractivity contribution < 1.29 is 9.59 Å². The van der Waals surface area contributed by atoms with Crippen LogP contribution in [0.2, 0.25) is 0 Å². The Kier molecular flexibility index (Phi) is 4.71. The molecular weight excluding hydrogens is 352 g/mol. The van der Waals surface area contributed by atoms with Crippen molar-refractivity contribution >= 4 is 34.0 Å². The minimum absolute atomic E-state index is 0.284. The average Bonchev–Trinajstić information content (AvgIpc) is 3.18. The van der Waals surface area contributed by atoms with Crippen LogP contribution >= 0.6 is 0 Å². The standard InChI is InChI=1S/C22H22N4O2/c1-25(2)12-13-26-14-17(16-10-6-7-11-18(16)26)19-20(22(28)24-21(19)27)23-15-8-4-3-5-9-15/h3-11,14H,12-13H2,1-2H3,(H2,23,24,27,28). The first-order valence-corrected chi connectivity index (χ1v) is 9.19. The lowest BCUT2D eigenvalue weighted by molar-refractivity contribution is -0.123. The van der Waals surface area contributed by atoms with Crippen LogP contribution in [0.5, 0.6) is 0 Å². The average molecular weight is 374 g/mol. The molecule has 0 saturated heterocycles. The highest BCUT2D eigenvalue weighted by atomic mass is 16.2. The zero-order valence-electron chi connectivity index (χ0n) is 15.9. The topological polar surface area (TPSA) is 66.4 Å². The number of carbonyl (C=O) groups is 2. The Morgan fingerprint density at radius 3 is 2.43 bits per heavy atom. The van der Waals surface area contributed by atoms with Crippen molar-refractivity contribution in [2.24, 2.45) is 0 Å². The Morgan fingerprint density at radius 1 is 0.964 bits per heavy atom. The van der Waals surface area contributed by atoms with Gasteiger partial charge in [0, 0.05) is 41.4 Å². The number of likely N-dealkylation sites (N-methyl/N-ethyl adjacent to an activating group) is 1. The van der Waals surface area contributed by atoms with Crippen LogP contribution in [-0.4, -0.2) is 41.9 Å². The molecule has 0 fully saturated rings. The number of rotatable bonds is 6. The molecule has 0 radical (unpaired) electrons. The molecule has 1 aliphatic rings. The highest BCUT2D eigenvalue weighted by molar-refractivity contribution is 6.38. The Labute approximate surface area is 163 Å². The lowest BCUT2D eigenvalue weighted by Crippen LogP contribution is -2.24. The Morgan fingerprint density at radius 2 is 1.68 bits per heavy atom. The Hall–Kier alpha value is -3.38. The molecule has 4 rings (SSSR count). The second-order valence-electron chi connectivity index (χ2n) is 7.08. The molecule has 2 aromatic carbocycles. The number of nitrogens with zero attached hydrogens (tertiary/aromatic N) is 2. The van der Waals surface area contributed by atoms with Crippen LogP contribution in [0.1, 0.15) is 5.56 Å². The summed E-state index contributed by atoms with van der Waals surface area (Å²) in [7, 11) is 4.06. The zero-order chi connectivity index (χ0) is 19.7. The molecule has 6 nitrogen and oxygen atoms in total. The highest BCUT2D eigenvalue weighted by Crippen LogP contribution is 2.32. The molecule has 2 amide bonds. The summed E-state index contributed by atoms with van der Waals surface area (Å²) < 4.78 is 2.13. The van der Waals surface area contributed by atoms with Crippen molar-refractivity contribution in [3.05, 3.63) is 72.1 Å². The fraction of sp³-hybridized carbons (Fsp3) is 0.182. The smallest absolute Gasteiger partial charge is 0.275 e. The van der Waals surface area contributed by atoms with Gasteiger partial charge in [0.1, 0.15) is 5.70 Å². The minimum atomic E-state index is -0.408. The number of anilines is 1. The van der Waals surface area contributed by atoms with Crippen molar-refractivity contribution in [2.45, 2.75) is 6.54 Å². The molecule has 0 atom stereocenters. The summed E-state index contributed by atoms with van der Waals surface area (Å²) >= 11 is 0. The molecule has 142 valence electrons. The van der Waals surface area contributed by atoms with Gasteiger partial charge in [-0.25, -0.2) is 0 Å². The van der Waals surface area contributed by atoms with Crippen LogP contribution < -0.4 is 10.6 Å². The Balaban J connectivity index is 1.84. The molecule has 0 saturated carbocycles. The molecule has 2 N–H and O–H groups in total. The summed E-state index contributed by atoms with van der Waals surface area (Å²) in [6, 6.07) is 17.3. The molecule has 1 aliphatic heterocycles. The number of hydrogen-bond donors (Lipinski definition) is 2. The molecule has 28 heavy (non-hydrogen) atoms. The van der Waals surface area contributed by atoms with E-state index in [0.29, 0.717) is 5.57 Å². The zero-order valence-corrected chi connectivity index (χ0v) is 15.9. The molecule has 0 unspecified atom stereocenters. The van der Waals surface area contributed by atoms with E-state index >= 15 is 0 Å². The number of benzene rings is 2. The SMILES string of the molecule is CN(C)CCn1cc(C2=C(Nc3ccccc3)C(=O)NC2=O)c2ccccc21. The van der Waals surface area contributed by atoms with E-state index in [0.717, 1.165) is 35.2 Å². The number of imide groups is 1. The fourth-order valence-corrected chi connectivity index (χ4v) is 3.44. The first-order valence-electron chi connectivity index (χ1n) is 9.19. The van der Waals surface area contributed by atoms with E-state index in [-0.39, 0.29) is 11.6 Å². The lowest BCUT2D eigenvalue weighted by Gasteiger charge is -2.11. The maximum Gasteiger partial charge on any atom is 0.275 e. The molecule has 3 aromatic rings. The van der Waals surface area contributed by atoms with E-state index in [1.165, 1.54) is 0 Å². The van der Waals surface area contributed by atoms with Gasteiger partial charge in [-0.05, 0) is 32.3 Å². The minimum Gasteiger partial charge on any atom is -0.350 e. The number of carbonyl (C=O) groups excluding carboxylic acids is 2. The maximum absolute atomic E-state index is 12.7. The number of hydrogen-bond acceptors (Lipinski definition) is 4. The van der Waals surface area contributed by atoms with E-state index in [9.17, 15) is 9.59 Å². The highest BCUT2D eigenvalue weighted by Gasteiger charge is 2.33. The molecular formula is C22H22N4O2. The number of aromatic nitrogens is 1. The van der Waals surface area contributed by atoms with Crippen molar-refractivity contribution in [1.29, 1.82) is 0 Å². The Bertz CT molecular complexity index is 1080. The fourth-order valence-electron chi connectivity index (χ4n) is 3.44. The van der Waals surface area contributed by atoms with Crippen molar-refractivity contribution in [3.63, 3.8) is 0 Å². The second-order valence-corrected chi connectivity index (χ2v) is 7.08. The summed E-state index contributed by atoms with van der Waals surface area (Å²) in [5.41, 5.74) is 3.23. The maximum atomic E-state index is 12.7. The monoisotopic (exact) mass is 374 g/mol. The van der Waals surface area contributed by atoms with Crippen molar-refractivity contribution in [3.8, 4) is 0 Å². The summed E-state index contributed by atoms with van der Waals surface area (Å²) in [5.74, 6) is -0.784. The van der Waals surface area contributed by atoms with E-state index < -0.39 is 5.91 Å². The molecule has 1 aromatic heterocycles. The quantitative estimate of drug-likeness (QED) is 0.651. The molecule has 6 heteroatoms. The van der Waals surface area contributed by atoms with Gasteiger partial charge in [-0.1, -0.05) is 36.4 Å². The van der Waals surface area contributed by atoms with Gasteiger partial charge in [0.15, 0.2) is 0 Å². The van der Waals surface area contributed by atoms with E-state index in [1.54, 1.807) is 0 Å². The van der Waals surface area contributed by atoms with Crippen LogP contribution in [0.25, 0.3) is 16.5 Å². The number of para-hydroxylation sites is 2. The summed E-state index contributed by atoms with van der Waals surface area (Å²) in [6.07, 6.45) is 1.97. The van der Waals surface area contributed by atoms with Crippen LogP contribution in [0, 0.1) is 0 Å². The van der Waals surface area contributed by atoms with Gasteiger partial charge in [-0.3, -0.25) is 14.9 Å². The van der Waals surface area contributed by atoms with E-state index in [2.05, 4.69) is 20.1 Å². The predicted octanol–water partition coefficient (Wildman–Crippen LogP) is 2.68. The van der Waals surface area contributed by atoms with Crippen molar-refractivity contribution in [2.75, 3.05) is 26.0 Å². The molecule has 0 aliphatic carbocycles. The first kappa shape index (κ1) is 18.0. The third-order valence-electron chi connectivity index (χ3n) is 4.82. The van der Waals surface area contributed by atoms with Gasteiger partial charge in [0.2, 0.25) is 0 Å². The first-order chi connectivity index (χ1) is 13.5. The van der Waals surface area contributed by atoms with Gasteiger partial charge < -0.3 is 14.8 Å². The van der Waals surface area contributed by atoms with Gasteiger partial charge in [-0.15, -0.1) is 0 Å². The normalized spacial score (nSPS) is 14.2. The van der Waals surface area contributed by atoms with Gasteiger partial charge in [-0.2, -0.15) is 0 Å². The molecule has 0 bridgehead atoms. The third kappa shape index (κ3) is 3.30. The van der Waals surface area contributed by atoms with Gasteiger partial charge in [0.25, 0.3) is 11.8 Å². The van der Waals surface area contributed by atoms with Crippen LogP contribution in [0.15, 0.2) is 66.5 Å². The molecule has 0 spiro atoms.